The molecule has 0 aliphatic heterocycles. The lowest BCUT2D eigenvalue weighted by Crippen LogP contribution is -2.04. The Morgan fingerprint density at radius 3 is 2.16 bits per heavy atom. The van der Waals surface area contributed by atoms with Crippen molar-refractivity contribution >= 4 is 22.7 Å². The lowest BCUT2D eigenvalue weighted by atomic mass is 10.1. The molecule has 2 aromatic carbocycles. The second kappa shape index (κ2) is 6.51. The first kappa shape index (κ1) is 17.5. The Morgan fingerprint density at radius 2 is 1.52 bits per heavy atom. The van der Waals surface area contributed by atoms with Crippen LogP contribution in [0.2, 0.25) is 0 Å². The summed E-state index contributed by atoms with van der Waals surface area (Å²) in [6.07, 6.45) is 0. The van der Waals surface area contributed by atoms with Gasteiger partial charge in [-0.3, -0.25) is 0 Å². The summed E-state index contributed by atoms with van der Waals surface area (Å²) in [7, 11) is 0. The minimum absolute atomic E-state index is 0.177. The first-order valence-electron chi connectivity index (χ1n) is 6.97. The SMILES string of the molecule is Cc1ccc2c(CSc3c(F)c(F)c(F)c(F)c3F)cc(=O)oc2c1. The fourth-order valence-corrected chi connectivity index (χ4v) is 3.29. The van der Waals surface area contributed by atoms with Crippen molar-refractivity contribution in [2.24, 2.45) is 0 Å². The van der Waals surface area contributed by atoms with E-state index in [1.165, 1.54) is 0 Å². The minimum atomic E-state index is -2.21. The highest BCUT2D eigenvalue weighted by atomic mass is 32.2. The predicted octanol–water partition coefficient (Wildman–Crippen LogP) is 5.09. The molecule has 0 radical (unpaired) electrons. The van der Waals surface area contributed by atoms with Crippen LogP contribution in [-0.4, -0.2) is 0 Å². The first-order valence-corrected chi connectivity index (χ1v) is 7.95. The van der Waals surface area contributed by atoms with Gasteiger partial charge in [-0.2, -0.15) is 0 Å². The van der Waals surface area contributed by atoms with Gasteiger partial charge >= 0.3 is 5.63 Å². The molecule has 0 aliphatic carbocycles. The molecule has 25 heavy (non-hydrogen) atoms. The summed E-state index contributed by atoms with van der Waals surface area (Å²) in [5.74, 6) is -10.2. The van der Waals surface area contributed by atoms with Crippen LogP contribution < -0.4 is 5.63 Å². The van der Waals surface area contributed by atoms with Crippen molar-refractivity contribution in [1.29, 1.82) is 0 Å². The Labute approximate surface area is 142 Å². The number of fused-ring (bicyclic) bond motifs is 1. The van der Waals surface area contributed by atoms with Gasteiger partial charge in [0.25, 0.3) is 0 Å². The van der Waals surface area contributed by atoms with E-state index in [9.17, 15) is 26.7 Å². The molecule has 0 aliphatic rings. The second-order valence-electron chi connectivity index (χ2n) is 5.28. The smallest absolute Gasteiger partial charge is 0.336 e. The van der Waals surface area contributed by atoms with Crippen LogP contribution in [-0.2, 0) is 5.75 Å². The van der Waals surface area contributed by atoms with Crippen LogP contribution in [0.3, 0.4) is 0 Å². The molecule has 0 unspecified atom stereocenters. The molecule has 0 spiro atoms. The number of thioether (sulfide) groups is 1. The van der Waals surface area contributed by atoms with Gasteiger partial charge in [-0.05, 0) is 24.1 Å². The molecule has 1 aromatic heterocycles. The monoisotopic (exact) mass is 372 g/mol. The van der Waals surface area contributed by atoms with Gasteiger partial charge < -0.3 is 4.42 Å². The highest BCUT2D eigenvalue weighted by Crippen LogP contribution is 2.34. The minimum Gasteiger partial charge on any atom is -0.423 e. The van der Waals surface area contributed by atoms with Crippen LogP contribution in [0.5, 0.6) is 0 Å². The van der Waals surface area contributed by atoms with Crippen LogP contribution >= 0.6 is 11.8 Å². The zero-order valence-corrected chi connectivity index (χ0v) is 13.4. The van der Waals surface area contributed by atoms with Gasteiger partial charge in [0, 0.05) is 17.2 Å². The molecule has 1 heterocycles. The van der Waals surface area contributed by atoms with Crippen LogP contribution in [0, 0.1) is 36.0 Å². The van der Waals surface area contributed by atoms with E-state index in [2.05, 4.69) is 0 Å². The number of rotatable bonds is 3. The van der Waals surface area contributed by atoms with Crippen molar-refractivity contribution in [3.8, 4) is 0 Å². The third-order valence-corrected chi connectivity index (χ3v) is 4.63. The van der Waals surface area contributed by atoms with Crippen molar-refractivity contribution in [2.45, 2.75) is 17.6 Å². The Bertz CT molecular complexity index is 1020. The third-order valence-electron chi connectivity index (χ3n) is 3.53. The number of aryl methyl sites for hydroxylation is 1. The molecule has 130 valence electrons. The molecule has 8 heteroatoms. The van der Waals surface area contributed by atoms with E-state index < -0.39 is 39.6 Å². The van der Waals surface area contributed by atoms with Crippen LogP contribution in [0.25, 0.3) is 11.0 Å². The standard InChI is InChI=1S/C17H9F5O2S/c1-7-2-3-9-8(5-11(23)24-10(9)4-7)6-25-17-15(21)13(19)12(18)14(20)16(17)22/h2-5H,6H2,1H3. The molecule has 3 aromatic rings. The zero-order chi connectivity index (χ0) is 18.3. The summed E-state index contributed by atoms with van der Waals surface area (Å²) in [6.45, 7) is 1.79. The average molecular weight is 372 g/mol. The molecular weight excluding hydrogens is 363 g/mol. The molecular formula is C17H9F5O2S. The quantitative estimate of drug-likeness (QED) is 0.211. The van der Waals surface area contributed by atoms with Gasteiger partial charge in [0.05, 0.1) is 4.90 Å². The third kappa shape index (κ3) is 3.13. The van der Waals surface area contributed by atoms with Crippen LogP contribution in [0.4, 0.5) is 22.0 Å². The number of hydrogen-bond acceptors (Lipinski definition) is 3. The first-order chi connectivity index (χ1) is 11.8. The molecule has 0 amide bonds. The highest BCUT2D eigenvalue weighted by Gasteiger charge is 2.26. The molecule has 0 atom stereocenters. The van der Waals surface area contributed by atoms with E-state index in [-0.39, 0.29) is 11.3 Å². The Morgan fingerprint density at radius 1 is 0.920 bits per heavy atom. The summed E-state index contributed by atoms with van der Waals surface area (Å²) in [4.78, 5) is 10.6. The Balaban J connectivity index is 2.03. The van der Waals surface area contributed by atoms with Crippen molar-refractivity contribution in [3.63, 3.8) is 0 Å². The summed E-state index contributed by atoms with van der Waals surface area (Å²) < 4.78 is 72.1. The van der Waals surface area contributed by atoms with E-state index in [0.29, 0.717) is 22.7 Å². The summed E-state index contributed by atoms with van der Waals surface area (Å²) in [5.41, 5.74) is 0.798. The zero-order valence-electron chi connectivity index (χ0n) is 12.6. The van der Waals surface area contributed by atoms with E-state index in [0.717, 1.165) is 11.6 Å². The molecule has 3 rings (SSSR count). The maximum Gasteiger partial charge on any atom is 0.336 e. The van der Waals surface area contributed by atoms with Crippen LogP contribution in [0.15, 0.2) is 38.4 Å². The fraction of sp³-hybridized carbons (Fsp3) is 0.118. The van der Waals surface area contributed by atoms with Gasteiger partial charge in [-0.1, -0.05) is 12.1 Å². The molecule has 0 saturated heterocycles. The highest BCUT2D eigenvalue weighted by molar-refractivity contribution is 7.98. The lowest BCUT2D eigenvalue weighted by Gasteiger charge is -2.09. The second-order valence-corrected chi connectivity index (χ2v) is 6.26. The molecule has 0 bridgehead atoms. The molecule has 0 fully saturated rings. The fourth-order valence-electron chi connectivity index (χ4n) is 2.32. The largest absolute Gasteiger partial charge is 0.423 e. The maximum atomic E-state index is 13.7. The van der Waals surface area contributed by atoms with E-state index in [1.54, 1.807) is 25.1 Å². The van der Waals surface area contributed by atoms with E-state index in [4.69, 9.17) is 4.42 Å². The van der Waals surface area contributed by atoms with Crippen molar-refractivity contribution in [2.75, 3.05) is 0 Å². The number of hydrogen-bond donors (Lipinski definition) is 0. The van der Waals surface area contributed by atoms with Crippen LogP contribution in [0.1, 0.15) is 11.1 Å². The molecule has 0 N–H and O–H groups in total. The predicted molar refractivity (Wildman–Crippen MR) is 83.0 cm³/mol. The van der Waals surface area contributed by atoms with Crippen molar-refractivity contribution in [1.82, 2.24) is 0 Å². The van der Waals surface area contributed by atoms with Gasteiger partial charge in [-0.15, -0.1) is 11.8 Å². The topological polar surface area (TPSA) is 30.2 Å². The lowest BCUT2D eigenvalue weighted by molar-refractivity contribution is 0.361. The number of halogens is 5. The molecule has 0 saturated carbocycles. The summed E-state index contributed by atoms with van der Waals surface area (Å²) in [6, 6.07) is 6.14. The van der Waals surface area contributed by atoms with Gasteiger partial charge in [0.1, 0.15) is 5.58 Å². The van der Waals surface area contributed by atoms with E-state index in [1.807, 2.05) is 0 Å². The van der Waals surface area contributed by atoms with Crippen molar-refractivity contribution in [3.05, 3.63) is 74.9 Å². The normalized spacial score (nSPS) is 11.3. The van der Waals surface area contributed by atoms with Crippen molar-refractivity contribution < 1.29 is 26.4 Å². The average Bonchev–Trinajstić information content (AvgIpc) is 2.57. The maximum absolute atomic E-state index is 13.7. The van der Waals surface area contributed by atoms with Gasteiger partial charge in [0.2, 0.25) is 5.82 Å². The Kier molecular flexibility index (Phi) is 4.55. The van der Waals surface area contributed by atoms with Gasteiger partial charge in [0.15, 0.2) is 23.3 Å². The summed E-state index contributed by atoms with van der Waals surface area (Å²) >= 11 is 0.414. The summed E-state index contributed by atoms with van der Waals surface area (Å²) in [5, 5.41) is 0.515. The van der Waals surface area contributed by atoms with Gasteiger partial charge in [-0.25, -0.2) is 26.7 Å². The number of benzene rings is 2. The Hall–Kier alpha value is -2.35. The van der Waals surface area contributed by atoms with E-state index >= 15 is 0 Å². The molecule has 2 nitrogen and oxygen atoms in total.